The molecular formula is C27H12N4. The van der Waals surface area contributed by atoms with Crippen LogP contribution < -0.4 is 0 Å². The summed E-state index contributed by atoms with van der Waals surface area (Å²) in [5, 5.41) is 6.02. The minimum absolute atomic E-state index is 0.128. The highest BCUT2D eigenvalue weighted by Gasteiger charge is 2.21. The molecule has 6 rings (SSSR count). The SMILES string of the molecule is [C-]#[N+]c1cc2c(c([N+]#[C-])c1[N+]#[C-])c1ccc3ccccc3c1c1cc3ccccc3n21. The molecular weight excluding hydrogens is 380 g/mol. The van der Waals surface area contributed by atoms with Crippen molar-refractivity contribution in [1.82, 2.24) is 4.40 Å². The zero-order valence-electron chi connectivity index (χ0n) is 16.2. The molecule has 4 nitrogen and oxygen atoms in total. The summed E-state index contributed by atoms with van der Waals surface area (Å²) in [6.45, 7) is 23.1. The van der Waals surface area contributed by atoms with Crippen LogP contribution in [0.25, 0.3) is 63.4 Å². The van der Waals surface area contributed by atoms with E-state index in [1.165, 1.54) is 0 Å². The minimum atomic E-state index is 0.128. The van der Waals surface area contributed by atoms with Gasteiger partial charge in [-0.15, -0.1) is 0 Å². The second-order valence-electron chi connectivity index (χ2n) is 7.46. The van der Waals surface area contributed by atoms with Crippen LogP contribution in [0.3, 0.4) is 0 Å². The van der Waals surface area contributed by atoms with Gasteiger partial charge in [0.05, 0.1) is 30.7 Å². The highest BCUT2D eigenvalue weighted by Crippen LogP contribution is 2.48. The van der Waals surface area contributed by atoms with E-state index in [0.717, 1.165) is 48.9 Å². The molecule has 4 heteroatoms. The Hall–Kier alpha value is -4.85. The third kappa shape index (κ3) is 2.10. The molecule has 31 heavy (non-hydrogen) atoms. The van der Waals surface area contributed by atoms with E-state index in [-0.39, 0.29) is 17.1 Å². The van der Waals surface area contributed by atoms with Crippen LogP contribution >= 0.6 is 0 Å². The van der Waals surface area contributed by atoms with Crippen LogP contribution in [0.2, 0.25) is 0 Å². The average Bonchev–Trinajstić information content (AvgIpc) is 3.21. The molecule has 6 aromatic rings. The summed E-state index contributed by atoms with van der Waals surface area (Å²) in [6.07, 6.45) is 0. The van der Waals surface area contributed by atoms with Crippen molar-refractivity contribution in [3.63, 3.8) is 0 Å². The fraction of sp³-hybridized carbons (Fsp3) is 0. The Labute approximate surface area is 177 Å². The smallest absolute Gasteiger partial charge is 0.201 e. The second-order valence-corrected chi connectivity index (χ2v) is 7.46. The van der Waals surface area contributed by atoms with E-state index in [9.17, 15) is 0 Å². The Kier molecular flexibility index (Phi) is 3.34. The molecule has 0 amide bonds. The quantitative estimate of drug-likeness (QED) is 0.183. The molecule has 0 spiro atoms. The van der Waals surface area contributed by atoms with Crippen molar-refractivity contribution < 1.29 is 0 Å². The normalized spacial score (nSPS) is 11.1. The lowest BCUT2D eigenvalue weighted by Crippen LogP contribution is -1.92. The number of rotatable bonds is 0. The van der Waals surface area contributed by atoms with Gasteiger partial charge in [-0.1, -0.05) is 54.6 Å². The number of aromatic nitrogens is 1. The Morgan fingerprint density at radius 1 is 0.548 bits per heavy atom. The second kappa shape index (κ2) is 6.07. The van der Waals surface area contributed by atoms with Crippen molar-refractivity contribution in [3.05, 3.63) is 107 Å². The van der Waals surface area contributed by atoms with Gasteiger partial charge in [0.25, 0.3) is 0 Å². The molecule has 0 unspecified atom stereocenters. The van der Waals surface area contributed by atoms with Crippen LogP contribution in [-0.4, -0.2) is 4.40 Å². The molecule has 0 atom stereocenters. The van der Waals surface area contributed by atoms with Gasteiger partial charge in [0.2, 0.25) is 5.69 Å². The summed E-state index contributed by atoms with van der Waals surface area (Å²) in [5.74, 6) is 0. The van der Waals surface area contributed by atoms with E-state index >= 15 is 0 Å². The lowest BCUT2D eigenvalue weighted by atomic mass is 9.97. The summed E-state index contributed by atoms with van der Waals surface area (Å²) in [4.78, 5) is 10.9. The van der Waals surface area contributed by atoms with E-state index in [2.05, 4.69) is 55.3 Å². The van der Waals surface area contributed by atoms with E-state index in [4.69, 9.17) is 19.7 Å². The number of fused-ring (bicyclic) bond motifs is 10. The molecule has 2 heterocycles. The summed E-state index contributed by atoms with van der Waals surface area (Å²) >= 11 is 0. The summed E-state index contributed by atoms with van der Waals surface area (Å²) < 4.78 is 2.14. The zero-order chi connectivity index (χ0) is 21.1. The molecule has 0 fully saturated rings. The molecule has 4 aromatic carbocycles. The topological polar surface area (TPSA) is 17.5 Å². The molecule has 0 saturated carbocycles. The maximum Gasteiger partial charge on any atom is 0.201 e. The monoisotopic (exact) mass is 392 g/mol. The van der Waals surface area contributed by atoms with Gasteiger partial charge in [-0.25, -0.2) is 0 Å². The summed E-state index contributed by atoms with van der Waals surface area (Å²) in [5.41, 5.74) is 3.42. The number of nitrogens with zero attached hydrogens (tertiary/aromatic N) is 4. The summed E-state index contributed by atoms with van der Waals surface area (Å²) in [7, 11) is 0. The Bertz CT molecular complexity index is 1870. The maximum atomic E-state index is 7.88. The molecule has 0 aliphatic rings. The standard InChI is InChI=1S/C27H12N4/c1-28-20-15-23-25(27(30-3)26(20)29-2)19-13-12-16-8-4-6-10-18(16)24(19)22-14-17-9-5-7-11-21(17)31(22)23/h4-15H. The molecule has 140 valence electrons. The van der Waals surface area contributed by atoms with Crippen LogP contribution in [0.5, 0.6) is 0 Å². The van der Waals surface area contributed by atoms with Crippen molar-refractivity contribution in [2.24, 2.45) is 0 Å². The predicted molar refractivity (Wildman–Crippen MR) is 126 cm³/mol. The van der Waals surface area contributed by atoms with Crippen molar-refractivity contribution in [2.75, 3.05) is 0 Å². The van der Waals surface area contributed by atoms with Crippen LogP contribution in [-0.2, 0) is 0 Å². The molecule has 0 radical (unpaired) electrons. The molecule has 0 aliphatic carbocycles. The number of pyridine rings is 1. The van der Waals surface area contributed by atoms with Crippen molar-refractivity contribution >= 4 is 65.9 Å². The number of hydrogen-bond donors (Lipinski definition) is 0. The van der Waals surface area contributed by atoms with E-state index < -0.39 is 0 Å². The molecule has 2 aromatic heterocycles. The zero-order valence-corrected chi connectivity index (χ0v) is 16.2. The molecule has 0 aliphatic heterocycles. The Balaban J connectivity index is 2.09. The van der Waals surface area contributed by atoms with Gasteiger partial charge >= 0.3 is 0 Å². The van der Waals surface area contributed by atoms with Crippen LogP contribution in [0, 0.1) is 19.7 Å². The lowest BCUT2D eigenvalue weighted by Gasteiger charge is -2.15. The van der Waals surface area contributed by atoms with Crippen LogP contribution in [0.15, 0.2) is 72.8 Å². The van der Waals surface area contributed by atoms with E-state index in [0.29, 0.717) is 0 Å². The molecule has 0 N–H and O–H groups in total. The third-order valence-electron chi connectivity index (χ3n) is 5.98. The predicted octanol–water partition coefficient (Wildman–Crippen LogP) is 8.20. The Morgan fingerprint density at radius 2 is 1.26 bits per heavy atom. The number of hydrogen-bond acceptors (Lipinski definition) is 0. The number of para-hydroxylation sites is 1. The molecule has 0 saturated heterocycles. The van der Waals surface area contributed by atoms with Crippen molar-refractivity contribution in [1.29, 1.82) is 0 Å². The van der Waals surface area contributed by atoms with E-state index in [1.807, 2.05) is 30.3 Å². The van der Waals surface area contributed by atoms with Gasteiger partial charge in [-0.05, 0) is 39.7 Å². The van der Waals surface area contributed by atoms with Gasteiger partial charge in [-0.3, -0.25) is 14.5 Å². The first-order valence-corrected chi connectivity index (χ1v) is 9.73. The van der Waals surface area contributed by atoms with Gasteiger partial charge < -0.3 is 4.40 Å². The van der Waals surface area contributed by atoms with Gasteiger partial charge in [-0.2, -0.15) is 0 Å². The van der Waals surface area contributed by atoms with Crippen LogP contribution in [0.4, 0.5) is 17.1 Å². The fourth-order valence-corrected chi connectivity index (χ4v) is 4.73. The lowest BCUT2D eigenvalue weighted by molar-refractivity contribution is 1.35. The first-order valence-electron chi connectivity index (χ1n) is 9.73. The van der Waals surface area contributed by atoms with E-state index in [1.54, 1.807) is 6.07 Å². The first kappa shape index (κ1) is 17.0. The maximum absolute atomic E-state index is 7.88. The largest absolute Gasteiger partial charge is 0.311 e. The molecule has 0 bridgehead atoms. The van der Waals surface area contributed by atoms with Crippen molar-refractivity contribution in [3.8, 4) is 0 Å². The first-order chi connectivity index (χ1) is 15.3. The van der Waals surface area contributed by atoms with Gasteiger partial charge in [0, 0.05) is 16.3 Å². The minimum Gasteiger partial charge on any atom is -0.311 e. The van der Waals surface area contributed by atoms with Crippen LogP contribution in [0.1, 0.15) is 0 Å². The van der Waals surface area contributed by atoms with Crippen molar-refractivity contribution in [2.45, 2.75) is 0 Å². The summed E-state index contributed by atoms with van der Waals surface area (Å²) in [6, 6.07) is 24.4. The van der Waals surface area contributed by atoms with Gasteiger partial charge in [0.15, 0.2) is 11.4 Å². The Morgan fingerprint density at radius 3 is 2.03 bits per heavy atom. The average molecular weight is 392 g/mol. The third-order valence-corrected chi connectivity index (χ3v) is 5.98. The number of benzene rings is 4. The van der Waals surface area contributed by atoms with Gasteiger partial charge in [0.1, 0.15) is 0 Å². The fourth-order valence-electron chi connectivity index (χ4n) is 4.73. The highest BCUT2D eigenvalue weighted by molar-refractivity contribution is 6.28. The highest BCUT2D eigenvalue weighted by atomic mass is 14.9.